The number of rotatable bonds is 10. The molecule has 0 fully saturated rings. The summed E-state index contributed by atoms with van der Waals surface area (Å²) in [7, 11) is 1.72. The van der Waals surface area contributed by atoms with Crippen molar-refractivity contribution >= 4 is 5.82 Å². The molecule has 1 aromatic rings. The molecule has 0 saturated heterocycles. The Labute approximate surface area is 128 Å². The van der Waals surface area contributed by atoms with Crippen LogP contribution >= 0.6 is 0 Å². The molecule has 5 heteroatoms. The van der Waals surface area contributed by atoms with Crippen LogP contribution in [0, 0.1) is 0 Å². The number of hydrogen-bond acceptors (Lipinski definition) is 5. The summed E-state index contributed by atoms with van der Waals surface area (Å²) >= 11 is 0. The van der Waals surface area contributed by atoms with Crippen molar-refractivity contribution < 1.29 is 9.47 Å². The van der Waals surface area contributed by atoms with Gasteiger partial charge in [-0.3, -0.25) is 0 Å². The summed E-state index contributed by atoms with van der Waals surface area (Å²) in [4.78, 5) is 8.97. The van der Waals surface area contributed by atoms with Gasteiger partial charge in [0.05, 0.1) is 12.2 Å². The van der Waals surface area contributed by atoms with Crippen LogP contribution in [0.2, 0.25) is 0 Å². The number of hydrogen-bond donors (Lipinski definition) is 1. The van der Waals surface area contributed by atoms with Gasteiger partial charge in [-0.15, -0.1) is 0 Å². The SMILES string of the molecule is CCCNc1cc(OCCC(C)(C)OC)nc(CCC)n1. The van der Waals surface area contributed by atoms with E-state index in [4.69, 9.17) is 9.47 Å². The van der Waals surface area contributed by atoms with Crippen molar-refractivity contribution in [2.24, 2.45) is 0 Å². The lowest BCUT2D eigenvalue weighted by atomic mass is 10.1. The summed E-state index contributed by atoms with van der Waals surface area (Å²) in [6, 6.07) is 1.87. The average Bonchev–Trinajstić information content (AvgIpc) is 2.45. The van der Waals surface area contributed by atoms with Gasteiger partial charge in [0.2, 0.25) is 5.88 Å². The molecule has 0 radical (unpaired) electrons. The summed E-state index contributed by atoms with van der Waals surface area (Å²) in [5.74, 6) is 2.31. The van der Waals surface area contributed by atoms with Crippen molar-refractivity contribution in [2.75, 3.05) is 25.6 Å². The third-order valence-electron chi connectivity index (χ3n) is 3.29. The van der Waals surface area contributed by atoms with E-state index in [1.165, 1.54) is 0 Å². The summed E-state index contributed by atoms with van der Waals surface area (Å²) in [5.41, 5.74) is -0.178. The Morgan fingerprint density at radius 1 is 1.19 bits per heavy atom. The Morgan fingerprint density at radius 2 is 1.95 bits per heavy atom. The molecule has 120 valence electrons. The zero-order chi connectivity index (χ0) is 15.7. The highest BCUT2D eigenvalue weighted by Crippen LogP contribution is 2.17. The molecule has 0 aliphatic rings. The molecule has 0 unspecified atom stereocenters. The van der Waals surface area contributed by atoms with Crippen LogP contribution in [0.15, 0.2) is 6.07 Å². The molecule has 0 aromatic carbocycles. The van der Waals surface area contributed by atoms with Gasteiger partial charge in [0.1, 0.15) is 11.6 Å². The number of aryl methyl sites for hydroxylation is 1. The highest BCUT2D eigenvalue weighted by Gasteiger charge is 2.16. The molecule has 0 bridgehead atoms. The van der Waals surface area contributed by atoms with E-state index in [-0.39, 0.29) is 5.60 Å². The van der Waals surface area contributed by atoms with Crippen LogP contribution in [0.3, 0.4) is 0 Å². The molecule has 0 aliphatic heterocycles. The third-order valence-corrected chi connectivity index (χ3v) is 3.29. The van der Waals surface area contributed by atoms with E-state index in [0.29, 0.717) is 12.5 Å². The molecule has 0 amide bonds. The number of nitrogens with zero attached hydrogens (tertiary/aromatic N) is 2. The van der Waals surface area contributed by atoms with Gasteiger partial charge in [0, 0.05) is 32.6 Å². The van der Waals surface area contributed by atoms with Crippen molar-refractivity contribution in [1.82, 2.24) is 9.97 Å². The number of ether oxygens (including phenoxy) is 2. The zero-order valence-electron chi connectivity index (χ0n) is 14.0. The fourth-order valence-corrected chi connectivity index (χ4v) is 1.73. The van der Waals surface area contributed by atoms with E-state index in [1.807, 2.05) is 19.9 Å². The van der Waals surface area contributed by atoms with E-state index in [9.17, 15) is 0 Å². The molecule has 1 rings (SSSR count). The highest BCUT2D eigenvalue weighted by atomic mass is 16.5. The second-order valence-corrected chi connectivity index (χ2v) is 5.75. The molecular formula is C16H29N3O2. The summed E-state index contributed by atoms with van der Waals surface area (Å²) in [6.45, 7) is 9.83. The number of nitrogens with one attached hydrogen (secondary N) is 1. The van der Waals surface area contributed by atoms with Crippen LogP contribution in [0.5, 0.6) is 5.88 Å². The topological polar surface area (TPSA) is 56.3 Å². The van der Waals surface area contributed by atoms with Gasteiger partial charge in [-0.2, -0.15) is 4.98 Å². The molecule has 1 heterocycles. The predicted octanol–water partition coefficient (Wildman–Crippen LogP) is 3.44. The largest absolute Gasteiger partial charge is 0.477 e. The first kappa shape index (κ1) is 17.7. The predicted molar refractivity (Wildman–Crippen MR) is 86.0 cm³/mol. The van der Waals surface area contributed by atoms with Gasteiger partial charge in [0.25, 0.3) is 0 Å². The van der Waals surface area contributed by atoms with Crippen LogP contribution < -0.4 is 10.1 Å². The smallest absolute Gasteiger partial charge is 0.218 e. The van der Waals surface area contributed by atoms with Crippen LogP contribution in [-0.2, 0) is 11.2 Å². The fourth-order valence-electron chi connectivity index (χ4n) is 1.73. The Morgan fingerprint density at radius 3 is 2.57 bits per heavy atom. The maximum absolute atomic E-state index is 5.78. The van der Waals surface area contributed by atoms with Crippen LogP contribution in [0.25, 0.3) is 0 Å². The fraction of sp³-hybridized carbons (Fsp3) is 0.750. The van der Waals surface area contributed by atoms with Crippen LogP contribution in [0.1, 0.15) is 52.8 Å². The third kappa shape index (κ3) is 6.76. The molecule has 0 spiro atoms. The van der Waals surface area contributed by atoms with Crippen LogP contribution in [0.4, 0.5) is 5.82 Å². The van der Waals surface area contributed by atoms with Gasteiger partial charge in [0.15, 0.2) is 0 Å². The van der Waals surface area contributed by atoms with Crippen molar-refractivity contribution in [1.29, 1.82) is 0 Å². The molecule has 0 aliphatic carbocycles. The molecule has 21 heavy (non-hydrogen) atoms. The van der Waals surface area contributed by atoms with Gasteiger partial charge >= 0.3 is 0 Å². The normalized spacial score (nSPS) is 11.5. The van der Waals surface area contributed by atoms with Crippen LogP contribution in [-0.4, -0.2) is 35.8 Å². The van der Waals surface area contributed by atoms with Crippen molar-refractivity contribution in [3.63, 3.8) is 0 Å². The first-order valence-electron chi connectivity index (χ1n) is 7.80. The van der Waals surface area contributed by atoms with E-state index in [0.717, 1.165) is 43.9 Å². The van der Waals surface area contributed by atoms with Gasteiger partial charge in [-0.25, -0.2) is 4.98 Å². The first-order valence-corrected chi connectivity index (χ1v) is 7.80. The molecule has 1 N–H and O–H groups in total. The Balaban J connectivity index is 2.68. The average molecular weight is 295 g/mol. The Hall–Kier alpha value is -1.36. The summed E-state index contributed by atoms with van der Waals surface area (Å²) < 4.78 is 11.2. The number of aromatic nitrogens is 2. The minimum absolute atomic E-state index is 0.178. The Kier molecular flexibility index (Phi) is 7.43. The molecule has 0 saturated carbocycles. The number of anilines is 1. The minimum atomic E-state index is -0.178. The lowest BCUT2D eigenvalue weighted by molar-refractivity contribution is 0.00507. The standard InChI is InChI=1S/C16H29N3O2/c1-6-8-13-18-14(17-10-7-2)12-15(19-13)21-11-9-16(3,4)20-5/h12H,6-11H2,1-5H3,(H,17,18,19). The lowest BCUT2D eigenvalue weighted by Crippen LogP contribution is -2.25. The van der Waals surface area contributed by atoms with E-state index >= 15 is 0 Å². The van der Waals surface area contributed by atoms with Crippen molar-refractivity contribution in [2.45, 2.75) is 59.0 Å². The summed E-state index contributed by atoms with van der Waals surface area (Å²) in [5, 5.41) is 3.30. The maximum atomic E-state index is 5.78. The molecular weight excluding hydrogens is 266 g/mol. The second kappa shape index (κ2) is 8.82. The molecule has 5 nitrogen and oxygen atoms in total. The monoisotopic (exact) mass is 295 g/mol. The maximum Gasteiger partial charge on any atom is 0.218 e. The lowest BCUT2D eigenvalue weighted by Gasteiger charge is -2.22. The zero-order valence-corrected chi connectivity index (χ0v) is 14.0. The van der Waals surface area contributed by atoms with Crippen molar-refractivity contribution in [3.8, 4) is 5.88 Å². The second-order valence-electron chi connectivity index (χ2n) is 5.75. The Bertz CT molecular complexity index is 422. The quantitative estimate of drug-likeness (QED) is 0.716. The summed E-state index contributed by atoms with van der Waals surface area (Å²) in [6.07, 6.45) is 3.76. The van der Waals surface area contributed by atoms with Gasteiger partial charge in [-0.1, -0.05) is 13.8 Å². The van der Waals surface area contributed by atoms with Gasteiger partial charge in [-0.05, 0) is 26.7 Å². The minimum Gasteiger partial charge on any atom is -0.477 e. The number of methoxy groups -OCH3 is 1. The molecule has 0 atom stereocenters. The van der Waals surface area contributed by atoms with E-state index in [2.05, 4.69) is 29.1 Å². The van der Waals surface area contributed by atoms with Gasteiger partial charge < -0.3 is 14.8 Å². The van der Waals surface area contributed by atoms with Crippen molar-refractivity contribution in [3.05, 3.63) is 11.9 Å². The molecule has 1 aromatic heterocycles. The highest BCUT2D eigenvalue weighted by molar-refractivity contribution is 5.38. The van der Waals surface area contributed by atoms with E-state index < -0.39 is 0 Å². The first-order chi connectivity index (χ1) is 10.0. The van der Waals surface area contributed by atoms with E-state index in [1.54, 1.807) is 7.11 Å².